The summed E-state index contributed by atoms with van der Waals surface area (Å²) >= 11 is 0. The first-order valence-corrected chi connectivity index (χ1v) is 4.52. The van der Waals surface area contributed by atoms with Crippen molar-refractivity contribution in [1.82, 2.24) is 14.8 Å². The standard InChI is InChI=1S/C8H10N4O3/c13-8(14)6-3-11(10-15)5-7-1-2-9-12(7)4-6/h1-2,6H,3-5H2,(H,13,14). The Balaban J connectivity index is 2.28. The molecule has 0 amide bonds. The molecular formula is C8H10N4O3. The SMILES string of the molecule is O=NN1Cc2ccnn2CC(C(=O)O)C1. The van der Waals surface area contributed by atoms with E-state index in [4.69, 9.17) is 5.11 Å². The molecule has 0 aromatic carbocycles. The number of carbonyl (C=O) groups is 1. The van der Waals surface area contributed by atoms with E-state index in [2.05, 4.69) is 10.4 Å². The molecule has 1 aliphatic heterocycles. The van der Waals surface area contributed by atoms with Gasteiger partial charge in [-0.05, 0) is 6.07 Å². The first-order valence-electron chi connectivity index (χ1n) is 4.52. The Labute approximate surface area is 85.2 Å². The fourth-order valence-corrected chi connectivity index (χ4v) is 1.65. The number of aliphatic carboxylic acids is 1. The zero-order valence-corrected chi connectivity index (χ0v) is 7.91. The minimum Gasteiger partial charge on any atom is -0.481 e. The van der Waals surface area contributed by atoms with Crippen LogP contribution in [0.1, 0.15) is 5.69 Å². The second-order valence-corrected chi connectivity index (χ2v) is 3.47. The third-order valence-electron chi connectivity index (χ3n) is 2.44. The Kier molecular flexibility index (Phi) is 2.36. The normalized spacial score (nSPS) is 20.5. The van der Waals surface area contributed by atoms with Crippen LogP contribution in [0.3, 0.4) is 0 Å². The van der Waals surface area contributed by atoms with Crippen molar-refractivity contribution in [2.75, 3.05) is 6.54 Å². The Morgan fingerprint density at radius 1 is 1.60 bits per heavy atom. The molecule has 0 fully saturated rings. The highest BCUT2D eigenvalue weighted by atomic mass is 16.4. The minimum absolute atomic E-state index is 0.127. The van der Waals surface area contributed by atoms with E-state index in [-0.39, 0.29) is 13.1 Å². The van der Waals surface area contributed by atoms with Gasteiger partial charge in [0.25, 0.3) is 0 Å². The lowest BCUT2D eigenvalue weighted by atomic mass is 10.1. The van der Waals surface area contributed by atoms with Gasteiger partial charge in [-0.1, -0.05) is 0 Å². The van der Waals surface area contributed by atoms with Crippen molar-refractivity contribution in [3.63, 3.8) is 0 Å². The second kappa shape index (κ2) is 3.68. The molecule has 0 spiro atoms. The van der Waals surface area contributed by atoms with Gasteiger partial charge in [-0.3, -0.25) is 14.5 Å². The smallest absolute Gasteiger partial charge is 0.310 e. The van der Waals surface area contributed by atoms with Gasteiger partial charge in [0.1, 0.15) is 0 Å². The largest absolute Gasteiger partial charge is 0.481 e. The van der Waals surface area contributed by atoms with Gasteiger partial charge < -0.3 is 5.11 Å². The number of fused-ring (bicyclic) bond motifs is 1. The topological polar surface area (TPSA) is 87.8 Å². The van der Waals surface area contributed by atoms with E-state index >= 15 is 0 Å². The molecule has 1 aliphatic rings. The third-order valence-corrected chi connectivity index (χ3v) is 2.44. The van der Waals surface area contributed by atoms with Gasteiger partial charge in [-0.25, -0.2) is 0 Å². The molecule has 1 aromatic heterocycles. The summed E-state index contributed by atoms with van der Waals surface area (Å²) in [6, 6.07) is 1.75. The monoisotopic (exact) mass is 210 g/mol. The van der Waals surface area contributed by atoms with Crippen LogP contribution in [0.5, 0.6) is 0 Å². The van der Waals surface area contributed by atoms with E-state index in [1.165, 1.54) is 5.01 Å². The first-order chi connectivity index (χ1) is 7.20. The van der Waals surface area contributed by atoms with Crippen molar-refractivity contribution in [1.29, 1.82) is 0 Å². The molecule has 15 heavy (non-hydrogen) atoms. The predicted molar refractivity (Wildman–Crippen MR) is 49.6 cm³/mol. The molecule has 2 rings (SSSR count). The first kappa shape index (κ1) is 9.63. The average molecular weight is 210 g/mol. The fraction of sp³-hybridized carbons (Fsp3) is 0.500. The summed E-state index contributed by atoms with van der Waals surface area (Å²) in [6.45, 7) is 0.721. The number of rotatable bonds is 2. The third kappa shape index (κ3) is 1.80. The van der Waals surface area contributed by atoms with Crippen LogP contribution in [0, 0.1) is 10.8 Å². The molecule has 0 radical (unpaired) electrons. The molecule has 0 bridgehead atoms. The van der Waals surface area contributed by atoms with Gasteiger partial charge in [0.2, 0.25) is 0 Å². The summed E-state index contributed by atoms with van der Waals surface area (Å²) in [5.41, 5.74) is 0.804. The Bertz CT molecular complexity index is 389. The van der Waals surface area contributed by atoms with E-state index in [1.54, 1.807) is 16.9 Å². The van der Waals surface area contributed by atoms with E-state index in [1.807, 2.05) is 0 Å². The highest BCUT2D eigenvalue weighted by Gasteiger charge is 2.27. The van der Waals surface area contributed by atoms with E-state index in [0.29, 0.717) is 6.54 Å². The number of hydrogen-bond donors (Lipinski definition) is 1. The Morgan fingerprint density at radius 2 is 2.40 bits per heavy atom. The van der Waals surface area contributed by atoms with Crippen LogP contribution in [0.15, 0.2) is 17.5 Å². The zero-order valence-electron chi connectivity index (χ0n) is 7.91. The lowest BCUT2D eigenvalue weighted by Crippen LogP contribution is -2.28. The number of carboxylic acid groups (broad SMARTS) is 1. The number of carboxylic acids is 1. The number of aromatic nitrogens is 2. The number of nitroso groups, excluding NO2 is 1. The highest BCUT2D eigenvalue weighted by Crippen LogP contribution is 2.15. The van der Waals surface area contributed by atoms with Crippen molar-refractivity contribution >= 4 is 5.97 Å². The molecule has 7 nitrogen and oxygen atoms in total. The zero-order chi connectivity index (χ0) is 10.8. The summed E-state index contributed by atoms with van der Waals surface area (Å²) in [6.07, 6.45) is 1.59. The molecule has 7 heteroatoms. The number of nitrogens with zero attached hydrogens (tertiary/aromatic N) is 4. The maximum Gasteiger partial charge on any atom is 0.310 e. The van der Waals surface area contributed by atoms with E-state index in [9.17, 15) is 9.70 Å². The molecule has 1 atom stereocenters. The molecule has 0 saturated carbocycles. The molecule has 0 aliphatic carbocycles. The average Bonchev–Trinajstić information content (AvgIpc) is 2.55. The predicted octanol–water partition coefficient (Wildman–Crippen LogP) is 0.0809. The Morgan fingerprint density at radius 3 is 3.07 bits per heavy atom. The van der Waals surface area contributed by atoms with Gasteiger partial charge in [0.15, 0.2) is 0 Å². The van der Waals surface area contributed by atoms with Crippen molar-refractivity contribution in [2.45, 2.75) is 13.1 Å². The maximum absolute atomic E-state index is 10.9. The summed E-state index contributed by atoms with van der Waals surface area (Å²) < 4.78 is 1.60. The maximum atomic E-state index is 10.9. The van der Waals surface area contributed by atoms with Crippen molar-refractivity contribution in [3.05, 3.63) is 22.9 Å². The molecular weight excluding hydrogens is 200 g/mol. The van der Waals surface area contributed by atoms with E-state index in [0.717, 1.165) is 5.69 Å². The van der Waals surface area contributed by atoms with Gasteiger partial charge in [-0.2, -0.15) is 5.10 Å². The van der Waals surface area contributed by atoms with Crippen LogP contribution in [0.2, 0.25) is 0 Å². The van der Waals surface area contributed by atoms with Gasteiger partial charge in [0, 0.05) is 6.20 Å². The summed E-state index contributed by atoms with van der Waals surface area (Å²) in [7, 11) is 0. The van der Waals surface area contributed by atoms with E-state index < -0.39 is 11.9 Å². The van der Waals surface area contributed by atoms with Crippen LogP contribution in [0.4, 0.5) is 0 Å². The van der Waals surface area contributed by atoms with Gasteiger partial charge in [-0.15, -0.1) is 4.91 Å². The second-order valence-electron chi connectivity index (χ2n) is 3.47. The van der Waals surface area contributed by atoms with Gasteiger partial charge >= 0.3 is 5.97 Å². The van der Waals surface area contributed by atoms with Crippen molar-refractivity contribution in [2.24, 2.45) is 11.2 Å². The van der Waals surface area contributed by atoms with Crippen LogP contribution in [0.25, 0.3) is 0 Å². The van der Waals surface area contributed by atoms with Crippen LogP contribution < -0.4 is 0 Å². The summed E-state index contributed by atoms with van der Waals surface area (Å²) in [5.74, 6) is -1.59. The quantitative estimate of drug-likeness (QED) is 0.698. The van der Waals surface area contributed by atoms with Crippen LogP contribution >= 0.6 is 0 Å². The molecule has 1 aromatic rings. The molecule has 1 unspecified atom stereocenters. The summed E-state index contributed by atoms with van der Waals surface area (Å²) in [5, 5.41) is 16.9. The van der Waals surface area contributed by atoms with Crippen molar-refractivity contribution in [3.8, 4) is 0 Å². The molecule has 2 heterocycles. The lowest BCUT2D eigenvalue weighted by molar-refractivity contribution is -0.142. The molecule has 0 saturated heterocycles. The highest BCUT2D eigenvalue weighted by molar-refractivity contribution is 5.70. The lowest BCUT2D eigenvalue weighted by Gasteiger charge is -2.14. The van der Waals surface area contributed by atoms with Crippen LogP contribution in [-0.4, -0.2) is 32.4 Å². The van der Waals surface area contributed by atoms with Crippen LogP contribution in [-0.2, 0) is 17.9 Å². The summed E-state index contributed by atoms with van der Waals surface area (Å²) in [4.78, 5) is 21.4. The fourth-order valence-electron chi connectivity index (χ4n) is 1.65. The molecule has 80 valence electrons. The van der Waals surface area contributed by atoms with Gasteiger partial charge in [0.05, 0.1) is 36.5 Å². The van der Waals surface area contributed by atoms with Crippen molar-refractivity contribution < 1.29 is 9.90 Å². The molecule has 1 N–H and O–H groups in total. The Hall–Kier alpha value is -1.92. The minimum atomic E-state index is -0.938. The number of hydrogen-bond acceptors (Lipinski definition) is 4.